The van der Waals surface area contributed by atoms with Crippen LogP contribution in [0.5, 0.6) is 0 Å². The summed E-state index contributed by atoms with van der Waals surface area (Å²) < 4.78 is 13.8. The Bertz CT molecular complexity index is 327. The molecule has 1 aliphatic heterocycles. The Hall–Kier alpha value is -0.360. The van der Waals surface area contributed by atoms with E-state index in [9.17, 15) is 4.39 Å². The molecule has 2 rings (SSSR count). The van der Waals surface area contributed by atoms with Crippen LogP contribution in [0.4, 0.5) is 10.1 Å². The second-order valence-electron chi connectivity index (χ2n) is 4.85. The van der Waals surface area contributed by atoms with Gasteiger partial charge in [0.05, 0.1) is 40.3 Å². The smallest absolute Gasteiger partial charge is 0.123 e. The molecule has 0 radical (unpaired) electrons. The molecule has 0 amide bonds. The number of hydrogen-bond donors (Lipinski definition) is 0. The highest BCUT2D eigenvalue weighted by molar-refractivity contribution is 5.46. The van der Waals surface area contributed by atoms with Gasteiger partial charge in [0.2, 0.25) is 0 Å². The van der Waals surface area contributed by atoms with Gasteiger partial charge < -0.3 is 33.4 Å². The first-order valence-corrected chi connectivity index (χ1v) is 5.39. The Morgan fingerprint density at radius 2 is 1.56 bits per heavy atom. The second kappa shape index (κ2) is 5.31. The highest BCUT2D eigenvalue weighted by atomic mass is 127. The zero-order chi connectivity index (χ0) is 10.9. The van der Waals surface area contributed by atoms with Crippen molar-refractivity contribution in [1.82, 2.24) is 0 Å². The second-order valence-corrected chi connectivity index (χ2v) is 4.85. The largest absolute Gasteiger partial charge is 1.00 e. The summed E-state index contributed by atoms with van der Waals surface area (Å²) in [7, 11) is 4.50. The summed E-state index contributed by atoms with van der Waals surface area (Å²) in [6.07, 6.45) is 0. The molecule has 0 spiro atoms. The van der Waals surface area contributed by atoms with Crippen molar-refractivity contribution in [2.45, 2.75) is 0 Å². The quantitative estimate of drug-likeness (QED) is 0.457. The van der Waals surface area contributed by atoms with E-state index in [0.717, 1.165) is 36.3 Å². The highest BCUT2D eigenvalue weighted by Crippen LogP contribution is 2.18. The molecule has 16 heavy (non-hydrogen) atoms. The molecule has 0 unspecified atom stereocenters. The third-order valence-electron chi connectivity index (χ3n) is 3.14. The summed E-state index contributed by atoms with van der Waals surface area (Å²) in [6.45, 7) is 4.41. The number of quaternary nitrogens is 1. The summed E-state index contributed by atoms with van der Waals surface area (Å²) >= 11 is 0. The van der Waals surface area contributed by atoms with Crippen LogP contribution in [0, 0.1) is 5.82 Å². The summed E-state index contributed by atoms with van der Waals surface area (Å²) in [5.74, 6) is -0.160. The molecule has 0 saturated carbocycles. The third kappa shape index (κ3) is 3.31. The van der Waals surface area contributed by atoms with Crippen LogP contribution >= 0.6 is 0 Å². The zero-order valence-corrected chi connectivity index (χ0v) is 11.9. The first-order chi connectivity index (χ1) is 7.07. The molecule has 1 saturated heterocycles. The van der Waals surface area contributed by atoms with Gasteiger partial charge >= 0.3 is 0 Å². The zero-order valence-electron chi connectivity index (χ0n) is 9.79. The number of hydrogen-bond acceptors (Lipinski definition) is 1. The molecular weight excluding hydrogens is 318 g/mol. The molecular formula is C12H18FIN2. The molecule has 1 aromatic carbocycles. The van der Waals surface area contributed by atoms with Crippen molar-refractivity contribution in [3.8, 4) is 0 Å². The molecule has 0 atom stereocenters. The Kier molecular flexibility index (Phi) is 4.55. The number of halogens is 2. The minimum absolute atomic E-state index is 0. The van der Waals surface area contributed by atoms with Crippen molar-refractivity contribution >= 4 is 5.69 Å². The van der Waals surface area contributed by atoms with Crippen molar-refractivity contribution in [3.63, 3.8) is 0 Å². The number of likely N-dealkylation sites (N-methyl/N-ethyl adjacent to an activating group) is 1. The van der Waals surface area contributed by atoms with E-state index in [1.165, 1.54) is 12.1 Å². The predicted molar refractivity (Wildman–Crippen MR) is 60.5 cm³/mol. The number of piperazine rings is 1. The van der Waals surface area contributed by atoms with Crippen LogP contribution < -0.4 is 28.9 Å². The Labute approximate surface area is 114 Å². The molecule has 0 aliphatic carbocycles. The summed E-state index contributed by atoms with van der Waals surface area (Å²) in [4.78, 5) is 2.32. The SMILES string of the molecule is C[N+]1(C)CCN(c2ccc(F)cc2)CC1.[I-]. The molecule has 0 N–H and O–H groups in total. The van der Waals surface area contributed by atoms with E-state index in [1.807, 2.05) is 12.1 Å². The van der Waals surface area contributed by atoms with Gasteiger partial charge in [-0.15, -0.1) is 0 Å². The van der Waals surface area contributed by atoms with Gasteiger partial charge in [-0.3, -0.25) is 0 Å². The molecule has 1 aliphatic rings. The first kappa shape index (κ1) is 13.7. The molecule has 1 heterocycles. The average Bonchev–Trinajstić information content (AvgIpc) is 2.20. The average molecular weight is 336 g/mol. The van der Waals surface area contributed by atoms with Gasteiger partial charge in [0.15, 0.2) is 0 Å². The minimum Gasteiger partial charge on any atom is -1.00 e. The van der Waals surface area contributed by atoms with Gasteiger partial charge in [0.25, 0.3) is 0 Å². The lowest BCUT2D eigenvalue weighted by Crippen LogP contribution is -3.00. The molecule has 90 valence electrons. The van der Waals surface area contributed by atoms with Crippen molar-refractivity contribution in [1.29, 1.82) is 0 Å². The fraction of sp³-hybridized carbons (Fsp3) is 0.500. The van der Waals surface area contributed by atoms with Crippen molar-refractivity contribution in [2.24, 2.45) is 0 Å². The lowest BCUT2D eigenvalue weighted by molar-refractivity contribution is -0.890. The van der Waals surface area contributed by atoms with Crippen LogP contribution in [-0.4, -0.2) is 44.8 Å². The van der Waals surface area contributed by atoms with E-state index in [1.54, 1.807) is 0 Å². The first-order valence-electron chi connectivity index (χ1n) is 5.39. The van der Waals surface area contributed by atoms with E-state index in [4.69, 9.17) is 0 Å². The number of rotatable bonds is 1. The van der Waals surface area contributed by atoms with E-state index in [2.05, 4.69) is 19.0 Å². The van der Waals surface area contributed by atoms with Crippen molar-refractivity contribution in [3.05, 3.63) is 30.1 Å². The van der Waals surface area contributed by atoms with Crippen LogP contribution in [0.15, 0.2) is 24.3 Å². The third-order valence-corrected chi connectivity index (χ3v) is 3.14. The number of benzene rings is 1. The van der Waals surface area contributed by atoms with Crippen LogP contribution in [0.2, 0.25) is 0 Å². The van der Waals surface area contributed by atoms with Gasteiger partial charge in [-0.25, -0.2) is 4.39 Å². The molecule has 4 heteroatoms. The van der Waals surface area contributed by atoms with Gasteiger partial charge in [-0.2, -0.15) is 0 Å². The molecule has 1 fully saturated rings. The van der Waals surface area contributed by atoms with Crippen LogP contribution in [0.25, 0.3) is 0 Å². The van der Waals surface area contributed by atoms with E-state index in [0.29, 0.717) is 0 Å². The monoisotopic (exact) mass is 336 g/mol. The fourth-order valence-corrected chi connectivity index (χ4v) is 1.92. The minimum atomic E-state index is -0.160. The Morgan fingerprint density at radius 3 is 2.06 bits per heavy atom. The fourth-order valence-electron chi connectivity index (χ4n) is 1.92. The molecule has 1 aromatic rings. The van der Waals surface area contributed by atoms with Crippen LogP contribution in [-0.2, 0) is 0 Å². The topological polar surface area (TPSA) is 3.24 Å². The highest BCUT2D eigenvalue weighted by Gasteiger charge is 2.24. The van der Waals surface area contributed by atoms with Crippen LogP contribution in [0.3, 0.4) is 0 Å². The maximum absolute atomic E-state index is 12.8. The molecule has 0 aromatic heterocycles. The van der Waals surface area contributed by atoms with E-state index in [-0.39, 0.29) is 29.8 Å². The summed E-state index contributed by atoms with van der Waals surface area (Å²) in [5.41, 5.74) is 1.14. The Morgan fingerprint density at radius 1 is 1.06 bits per heavy atom. The lowest BCUT2D eigenvalue weighted by atomic mass is 10.2. The van der Waals surface area contributed by atoms with Crippen LogP contribution in [0.1, 0.15) is 0 Å². The van der Waals surface area contributed by atoms with Gasteiger partial charge in [0, 0.05) is 5.69 Å². The lowest BCUT2D eigenvalue weighted by Gasteiger charge is -2.40. The summed E-state index contributed by atoms with van der Waals surface area (Å²) in [5, 5.41) is 0. The standard InChI is InChI=1S/C12H18FN2.HI/c1-15(2)9-7-14(8-10-15)12-5-3-11(13)4-6-12;/h3-6H,7-10H2,1-2H3;1H/q+1;/p-1. The predicted octanol–water partition coefficient (Wildman–Crippen LogP) is -1.27. The summed E-state index contributed by atoms with van der Waals surface area (Å²) in [6, 6.07) is 6.79. The Balaban J connectivity index is 0.00000128. The van der Waals surface area contributed by atoms with E-state index >= 15 is 0 Å². The maximum Gasteiger partial charge on any atom is 0.123 e. The molecule has 0 bridgehead atoms. The normalized spacial score (nSPS) is 19.1. The number of anilines is 1. The van der Waals surface area contributed by atoms with Gasteiger partial charge in [-0.1, -0.05) is 0 Å². The van der Waals surface area contributed by atoms with Crippen molar-refractivity contribution in [2.75, 3.05) is 45.2 Å². The van der Waals surface area contributed by atoms with Crippen molar-refractivity contribution < 1.29 is 32.9 Å². The van der Waals surface area contributed by atoms with Gasteiger partial charge in [-0.05, 0) is 24.3 Å². The van der Waals surface area contributed by atoms with E-state index < -0.39 is 0 Å². The van der Waals surface area contributed by atoms with Gasteiger partial charge in [0.1, 0.15) is 5.82 Å². The number of nitrogens with zero attached hydrogens (tertiary/aromatic N) is 2. The molecule has 2 nitrogen and oxygen atoms in total. The maximum atomic E-state index is 12.8.